The molecule has 0 unspecified atom stereocenters. The first-order valence-corrected chi connectivity index (χ1v) is 12.5. The SMILES string of the molecule is NC[C@@H](O)CN1CN(c2ccc(F)cc2)C2(CCN([C@@H]3Cc4cccc5cccc3c45)CC2)C1=O. The van der Waals surface area contributed by atoms with E-state index in [4.69, 9.17) is 5.73 Å². The molecule has 1 aliphatic carbocycles. The van der Waals surface area contributed by atoms with Gasteiger partial charge in [-0.15, -0.1) is 0 Å². The molecule has 35 heavy (non-hydrogen) atoms. The summed E-state index contributed by atoms with van der Waals surface area (Å²) in [5.41, 5.74) is 8.55. The van der Waals surface area contributed by atoms with Crippen LogP contribution in [0, 0.1) is 5.82 Å². The first-order chi connectivity index (χ1) is 17.0. The number of nitrogens with zero attached hydrogens (tertiary/aromatic N) is 3. The summed E-state index contributed by atoms with van der Waals surface area (Å²) in [6.45, 7) is 2.28. The Labute approximate surface area is 204 Å². The van der Waals surface area contributed by atoms with E-state index in [1.807, 2.05) is 0 Å². The van der Waals surface area contributed by atoms with Crippen LogP contribution in [0.1, 0.15) is 30.0 Å². The highest BCUT2D eigenvalue weighted by molar-refractivity contribution is 5.94. The summed E-state index contributed by atoms with van der Waals surface area (Å²) in [6.07, 6.45) is 1.60. The molecular weight excluding hydrogens is 443 g/mol. The number of β-amino-alcohol motifs (C(OH)–C–C–N with tert-alkyl or cyclic N) is 1. The summed E-state index contributed by atoms with van der Waals surface area (Å²) >= 11 is 0. The molecule has 3 aliphatic rings. The molecule has 2 aliphatic heterocycles. The van der Waals surface area contributed by atoms with Crippen molar-refractivity contribution >= 4 is 22.4 Å². The molecule has 3 aromatic carbocycles. The van der Waals surface area contributed by atoms with Gasteiger partial charge in [-0.1, -0.05) is 36.4 Å². The molecule has 2 saturated heterocycles. The van der Waals surface area contributed by atoms with Crippen molar-refractivity contribution in [3.63, 3.8) is 0 Å². The molecule has 1 spiro atoms. The van der Waals surface area contributed by atoms with Gasteiger partial charge in [0.05, 0.1) is 12.8 Å². The minimum absolute atomic E-state index is 0.0331. The number of hydrogen-bond acceptors (Lipinski definition) is 5. The third-order valence-corrected chi connectivity index (χ3v) is 8.22. The molecule has 6 rings (SSSR count). The van der Waals surface area contributed by atoms with Gasteiger partial charge in [-0.2, -0.15) is 0 Å². The molecule has 1 amide bonds. The van der Waals surface area contributed by atoms with Gasteiger partial charge in [-0.25, -0.2) is 4.39 Å². The van der Waals surface area contributed by atoms with Crippen LogP contribution in [0.3, 0.4) is 0 Å². The number of amides is 1. The van der Waals surface area contributed by atoms with E-state index in [-0.39, 0.29) is 24.8 Å². The van der Waals surface area contributed by atoms with Crippen molar-refractivity contribution in [2.75, 3.05) is 37.7 Å². The molecule has 3 N–H and O–H groups in total. The summed E-state index contributed by atoms with van der Waals surface area (Å²) in [7, 11) is 0. The van der Waals surface area contributed by atoms with Gasteiger partial charge in [0, 0.05) is 37.9 Å². The highest BCUT2D eigenvalue weighted by Gasteiger charge is 2.54. The van der Waals surface area contributed by atoms with E-state index in [0.717, 1.165) is 25.2 Å². The fourth-order valence-corrected chi connectivity index (χ4v) is 6.43. The fourth-order valence-electron chi connectivity index (χ4n) is 6.43. The van der Waals surface area contributed by atoms with E-state index in [1.54, 1.807) is 17.0 Å². The normalized spacial score (nSPS) is 22.5. The van der Waals surface area contributed by atoms with Crippen molar-refractivity contribution in [1.29, 1.82) is 0 Å². The van der Waals surface area contributed by atoms with Gasteiger partial charge in [-0.3, -0.25) is 9.69 Å². The van der Waals surface area contributed by atoms with Gasteiger partial charge in [0.1, 0.15) is 11.4 Å². The second-order valence-electron chi connectivity index (χ2n) is 10.1. The van der Waals surface area contributed by atoms with Crippen LogP contribution in [0.15, 0.2) is 60.7 Å². The average molecular weight is 475 g/mol. The molecule has 182 valence electrons. The molecule has 0 radical (unpaired) electrons. The number of hydrogen-bond donors (Lipinski definition) is 2. The Morgan fingerprint density at radius 3 is 2.49 bits per heavy atom. The number of anilines is 1. The Bertz CT molecular complexity index is 1250. The van der Waals surface area contributed by atoms with Gasteiger partial charge >= 0.3 is 0 Å². The maximum absolute atomic E-state index is 13.8. The third-order valence-electron chi connectivity index (χ3n) is 8.22. The van der Waals surface area contributed by atoms with E-state index < -0.39 is 11.6 Å². The molecule has 0 saturated carbocycles. The maximum Gasteiger partial charge on any atom is 0.250 e. The summed E-state index contributed by atoms with van der Waals surface area (Å²) in [5.74, 6) is -0.265. The van der Waals surface area contributed by atoms with Crippen LogP contribution in [0.4, 0.5) is 10.1 Å². The van der Waals surface area contributed by atoms with Crippen LogP contribution in [0.2, 0.25) is 0 Å². The number of rotatable bonds is 5. The molecule has 3 aromatic rings. The largest absolute Gasteiger partial charge is 0.390 e. The zero-order chi connectivity index (χ0) is 24.2. The zero-order valence-corrected chi connectivity index (χ0v) is 19.7. The summed E-state index contributed by atoms with van der Waals surface area (Å²) in [5, 5.41) is 12.8. The number of likely N-dealkylation sites (tertiary alicyclic amines) is 1. The maximum atomic E-state index is 13.8. The molecule has 2 heterocycles. The van der Waals surface area contributed by atoms with E-state index in [9.17, 15) is 14.3 Å². The predicted molar refractivity (Wildman–Crippen MR) is 134 cm³/mol. The Morgan fingerprint density at radius 1 is 1.06 bits per heavy atom. The molecule has 7 heteroatoms. The lowest BCUT2D eigenvalue weighted by atomic mass is 9.84. The van der Waals surface area contributed by atoms with Crippen molar-refractivity contribution < 1.29 is 14.3 Å². The fraction of sp³-hybridized carbons (Fsp3) is 0.393. The molecule has 2 atom stereocenters. The number of aliphatic hydroxyl groups is 1. The Morgan fingerprint density at radius 2 is 1.77 bits per heavy atom. The summed E-state index contributed by atoms with van der Waals surface area (Å²) in [6, 6.07) is 19.8. The molecule has 2 fully saturated rings. The quantitative estimate of drug-likeness (QED) is 0.595. The minimum Gasteiger partial charge on any atom is -0.390 e. The van der Waals surface area contributed by atoms with Gasteiger partial charge in [0.15, 0.2) is 0 Å². The summed E-state index contributed by atoms with van der Waals surface area (Å²) < 4.78 is 13.7. The number of benzene rings is 3. The smallest absolute Gasteiger partial charge is 0.250 e. The number of nitrogens with two attached hydrogens (primary N) is 1. The summed E-state index contributed by atoms with van der Waals surface area (Å²) in [4.78, 5) is 20.1. The molecule has 0 aromatic heterocycles. The second kappa shape index (κ2) is 8.59. The Hall–Kier alpha value is -3.00. The van der Waals surface area contributed by atoms with E-state index in [0.29, 0.717) is 25.6 Å². The number of carbonyl (C=O) groups is 1. The first kappa shape index (κ1) is 22.5. The monoisotopic (exact) mass is 474 g/mol. The van der Waals surface area contributed by atoms with Crippen molar-refractivity contribution in [2.24, 2.45) is 5.73 Å². The second-order valence-corrected chi connectivity index (χ2v) is 10.1. The molecule has 6 nitrogen and oxygen atoms in total. The minimum atomic E-state index is -0.762. The van der Waals surface area contributed by atoms with Gasteiger partial charge in [0.2, 0.25) is 5.91 Å². The van der Waals surface area contributed by atoms with Crippen molar-refractivity contribution in [3.05, 3.63) is 77.6 Å². The number of piperidine rings is 1. The van der Waals surface area contributed by atoms with Gasteiger partial charge in [-0.05, 0) is 65.4 Å². The van der Waals surface area contributed by atoms with Crippen LogP contribution in [0.5, 0.6) is 0 Å². The van der Waals surface area contributed by atoms with Crippen LogP contribution in [-0.4, -0.2) is 65.3 Å². The predicted octanol–water partition coefficient (Wildman–Crippen LogP) is 3.04. The lowest BCUT2D eigenvalue weighted by Crippen LogP contribution is -2.57. The van der Waals surface area contributed by atoms with Gasteiger partial charge in [0.25, 0.3) is 0 Å². The standard InChI is InChI=1S/C28H31FN4O2/c29-21-7-9-22(10-8-21)33-18-32(17-23(34)16-30)27(35)28(33)11-13-31(14-12-28)25-15-20-5-1-3-19-4-2-6-24(25)26(19)20/h1-10,23,25,34H,11-18,30H2/t23-,25-/m1/s1. The number of aliphatic hydroxyl groups excluding tert-OH is 1. The van der Waals surface area contributed by atoms with E-state index in [2.05, 4.69) is 46.2 Å². The highest BCUT2D eigenvalue weighted by Crippen LogP contribution is 2.45. The molecular formula is C28H31FN4O2. The number of carbonyl (C=O) groups excluding carboxylic acids is 1. The Kier molecular flexibility index (Phi) is 5.51. The lowest BCUT2D eigenvalue weighted by Gasteiger charge is -2.45. The Balaban J connectivity index is 1.27. The van der Waals surface area contributed by atoms with Crippen LogP contribution in [0.25, 0.3) is 10.8 Å². The van der Waals surface area contributed by atoms with Crippen LogP contribution in [-0.2, 0) is 11.2 Å². The van der Waals surface area contributed by atoms with Crippen molar-refractivity contribution in [1.82, 2.24) is 9.80 Å². The van der Waals surface area contributed by atoms with Crippen molar-refractivity contribution in [3.8, 4) is 0 Å². The van der Waals surface area contributed by atoms with E-state index >= 15 is 0 Å². The van der Waals surface area contributed by atoms with Crippen LogP contribution < -0.4 is 10.6 Å². The van der Waals surface area contributed by atoms with Crippen LogP contribution >= 0.6 is 0 Å². The lowest BCUT2D eigenvalue weighted by molar-refractivity contribution is -0.134. The topological polar surface area (TPSA) is 73.0 Å². The number of halogens is 1. The zero-order valence-electron chi connectivity index (χ0n) is 19.7. The van der Waals surface area contributed by atoms with Gasteiger partial charge < -0.3 is 20.6 Å². The van der Waals surface area contributed by atoms with E-state index in [1.165, 1.54) is 34.0 Å². The average Bonchev–Trinajstić information content (AvgIpc) is 3.38. The first-order valence-electron chi connectivity index (χ1n) is 12.5. The highest BCUT2D eigenvalue weighted by atomic mass is 19.1. The third kappa shape index (κ3) is 3.61. The molecule has 0 bridgehead atoms. The van der Waals surface area contributed by atoms with Crippen molar-refractivity contribution in [2.45, 2.75) is 36.9 Å².